The molecule has 144 valence electrons. The van der Waals surface area contributed by atoms with Crippen molar-refractivity contribution >= 4 is 22.4 Å². The maximum Gasteiger partial charge on any atom is 0.344 e. The van der Waals surface area contributed by atoms with E-state index < -0.39 is 10.9 Å². The first-order valence-electron chi connectivity index (χ1n) is 9.10. The lowest BCUT2D eigenvalue weighted by Crippen LogP contribution is -2.11. The molecule has 0 aliphatic carbocycles. The Kier molecular flexibility index (Phi) is 4.78. The summed E-state index contributed by atoms with van der Waals surface area (Å²) in [5.41, 5.74) is 1.71. The summed E-state index contributed by atoms with van der Waals surface area (Å²) >= 11 is 0. The fourth-order valence-corrected chi connectivity index (χ4v) is 3.03. The van der Waals surface area contributed by atoms with Gasteiger partial charge in [0.05, 0.1) is 21.9 Å². The number of nitro benzene ring substituents is 1. The Hall–Kier alpha value is -4.00. The molecule has 0 atom stereocenters. The number of fused-ring (bicyclic) bond motifs is 1. The summed E-state index contributed by atoms with van der Waals surface area (Å²) in [6.45, 7) is 1.94. The van der Waals surface area contributed by atoms with Gasteiger partial charge in [-0.1, -0.05) is 37.3 Å². The molecule has 29 heavy (non-hydrogen) atoms. The second-order valence-electron chi connectivity index (χ2n) is 6.46. The maximum absolute atomic E-state index is 12.7. The SMILES string of the molecule is CCc1cc(OC(=O)c2ccc3ccccc3c2)n(-c2ccc([N+](=O)[O-])cc2)n1. The Bertz CT molecular complexity index is 1210. The van der Waals surface area contributed by atoms with E-state index >= 15 is 0 Å². The number of hydrogen-bond donors (Lipinski definition) is 0. The summed E-state index contributed by atoms with van der Waals surface area (Å²) in [6.07, 6.45) is 0.653. The molecule has 0 aliphatic heterocycles. The Morgan fingerprint density at radius 2 is 1.76 bits per heavy atom. The lowest BCUT2D eigenvalue weighted by Gasteiger charge is -2.08. The molecule has 0 unspecified atom stereocenters. The molecule has 0 saturated carbocycles. The van der Waals surface area contributed by atoms with Crippen molar-refractivity contribution in [3.8, 4) is 11.6 Å². The van der Waals surface area contributed by atoms with Gasteiger partial charge in [-0.15, -0.1) is 0 Å². The van der Waals surface area contributed by atoms with E-state index in [9.17, 15) is 14.9 Å². The number of benzene rings is 3. The Morgan fingerprint density at radius 1 is 1.03 bits per heavy atom. The van der Waals surface area contributed by atoms with Gasteiger partial charge in [0.1, 0.15) is 0 Å². The van der Waals surface area contributed by atoms with Crippen LogP contribution < -0.4 is 4.74 Å². The predicted octanol–water partition coefficient (Wildman–Crippen LogP) is 4.72. The summed E-state index contributed by atoms with van der Waals surface area (Å²) in [5.74, 6) is -0.240. The average molecular weight is 387 g/mol. The average Bonchev–Trinajstić information content (AvgIpc) is 3.16. The van der Waals surface area contributed by atoms with Gasteiger partial charge in [0, 0.05) is 18.2 Å². The molecule has 0 N–H and O–H groups in total. The van der Waals surface area contributed by atoms with Gasteiger partial charge in [0.2, 0.25) is 5.88 Å². The third kappa shape index (κ3) is 3.70. The smallest absolute Gasteiger partial charge is 0.344 e. The highest BCUT2D eigenvalue weighted by molar-refractivity contribution is 5.96. The van der Waals surface area contributed by atoms with Crippen molar-refractivity contribution < 1.29 is 14.5 Å². The van der Waals surface area contributed by atoms with Crippen molar-refractivity contribution in [2.75, 3.05) is 0 Å². The predicted molar refractivity (Wildman–Crippen MR) is 109 cm³/mol. The number of nitro groups is 1. The van der Waals surface area contributed by atoms with Gasteiger partial charge in [-0.3, -0.25) is 10.1 Å². The molecule has 0 bridgehead atoms. The number of non-ortho nitro benzene ring substituents is 1. The van der Waals surface area contributed by atoms with Crippen LogP contribution in [0.3, 0.4) is 0 Å². The molecule has 7 nitrogen and oxygen atoms in total. The molecule has 3 aromatic carbocycles. The third-order valence-corrected chi connectivity index (χ3v) is 4.58. The van der Waals surface area contributed by atoms with Crippen LogP contribution in [0.1, 0.15) is 23.0 Å². The minimum absolute atomic E-state index is 0.0219. The summed E-state index contributed by atoms with van der Waals surface area (Å²) < 4.78 is 7.10. The highest BCUT2D eigenvalue weighted by atomic mass is 16.6. The first kappa shape index (κ1) is 18.4. The molecular weight excluding hydrogens is 370 g/mol. The highest BCUT2D eigenvalue weighted by Gasteiger charge is 2.17. The van der Waals surface area contributed by atoms with E-state index in [-0.39, 0.29) is 11.6 Å². The van der Waals surface area contributed by atoms with Gasteiger partial charge in [-0.25, -0.2) is 9.48 Å². The number of esters is 1. The van der Waals surface area contributed by atoms with Gasteiger partial charge >= 0.3 is 5.97 Å². The molecule has 1 aromatic heterocycles. The molecule has 4 rings (SSSR count). The number of carbonyl (C=O) groups excluding carboxylic acids is 1. The van der Waals surface area contributed by atoms with E-state index in [1.807, 2.05) is 37.3 Å². The largest absolute Gasteiger partial charge is 0.404 e. The number of aryl methyl sites for hydroxylation is 1. The van der Waals surface area contributed by atoms with Crippen LogP contribution >= 0.6 is 0 Å². The molecule has 1 heterocycles. The fourth-order valence-electron chi connectivity index (χ4n) is 3.03. The van der Waals surface area contributed by atoms with Crippen molar-refractivity contribution in [2.24, 2.45) is 0 Å². The summed E-state index contributed by atoms with van der Waals surface area (Å²) in [6, 6.07) is 20.7. The first-order valence-corrected chi connectivity index (χ1v) is 9.10. The molecular formula is C22H17N3O4. The zero-order chi connectivity index (χ0) is 20.4. The van der Waals surface area contributed by atoms with Crippen LogP contribution in [0.15, 0.2) is 72.8 Å². The summed E-state index contributed by atoms with van der Waals surface area (Å²) in [5, 5.41) is 17.3. The molecule has 0 saturated heterocycles. The van der Waals surface area contributed by atoms with E-state index in [0.29, 0.717) is 17.7 Å². The lowest BCUT2D eigenvalue weighted by atomic mass is 10.1. The van der Waals surface area contributed by atoms with Crippen molar-refractivity contribution in [3.05, 3.63) is 94.2 Å². The quantitative estimate of drug-likeness (QED) is 0.281. The van der Waals surface area contributed by atoms with Crippen molar-refractivity contribution in [1.29, 1.82) is 0 Å². The minimum Gasteiger partial charge on any atom is -0.404 e. The fraction of sp³-hybridized carbons (Fsp3) is 0.0909. The third-order valence-electron chi connectivity index (χ3n) is 4.58. The zero-order valence-corrected chi connectivity index (χ0v) is 15.6. The Balaban J connectivity index is 1.66. The van der Waals surface area contributed by atoms with Crippen LogP contribution in [-0.4, -0.2) is 20.7 Å². The normalized spacial score (nSPS) is 10.8. The number of nitrogens with zero attached hydrogens (tertiary/aromatic N) is 3. The van der Waals surface area contributed by atoms with Gasteiger partial charge in [0.25, 0.3) is 5.69 Å². The van der Waals surface area contributed by atoms with E-state index in [1.54, 1.807) is 30.3 Å². The van der Waals surface area contributed by atoms with Crippen LogP contribution in [-0.2, 0) is 6.42 Å². The van der Waals surface area contributed by atoms with Crippen LogP contribution in [0.5, 0.6) is 5.88 Å². The zero-order valence-electron chi connectivity index (χ0n) is 15.6. The van der Waals surface area contributed by atoms with Crippen molar-refractivity contribution in [1.82, 2.24) is 9.78 Å². The van der Waals surface area contributed by atoms with Crippen LogP contribution in [0.25, 0.3) is 16.5 Å². The Morgan fingerprint density at radius 3 is 2.45 bits per heavy atom. The molecule has 0 aliphatic rings. The lowest BCUT2D eigenvalue weighted by molar-refractivity contribution is -0.384. The van der Waals surface area contributed by atoms with Crippen molar-refractivity contribution in [3.63, 3.8) is 0 Å². The van der Waals surface area contributed by atoms with Gasteiger partial charge < -0.3 is 4.74 Å². The second-order valence-corrected chi connectivity index (χ2v) is 6.46. The summed E-state index contributed by atoms with van der Waals surface area (Å²) in [4.78, 5) is 23.1. The molecule has 7 heteroatoms. The summed E-state index contributed by atoms with van der Waals surface area (Å²) in [7, 11) is 0. The number of hydrogen-bond acceptors (Lipinski definition) is 5. The molecule has 0 amide bonds. The number of rotatable bonds is 5. The van der Waals surface area contributed by atoms with Gasteiger partial charge in [0.15, 0.2) is 0 Å². The van der Waals surface area contributed by atoms with Gasteiger partial charge in [-0.05, 0) is 41.5 Å². The monoisotopic (exact) mass is 387 g/mol. The number of ether oxygens (including phenoxy) is 1. The Labute approximate surface area is 166 Å². The topological polar surface area (TPSA) is 87.3 Å². The van der Waals surface area contributed by atoms with E-state index in [1.165, 1.54) is 16.8 Å². The second kappa shape index (κ2) is 7.55. The number of aromatic nitrogens is 2. The standard InChI is InChI=1S/C22H17N3O4/c1-2-18-14-21(24(23-18)19-9-11-20(12-10-19)25(27)28)29-22(26)17-8-7-15-5-3-4-6-16(15)13-17/h3-14H,2H2,1H3. The van der Waals surface area contributed by atoms with Crippen molar-refractivity contribution in [2.45, 2.75) is 13.3 Å². The first-order chi connectivity index (χ1) is 14.0. The van der Waals surface area contributed by atoms with E-state index in [2.05, 4.69) is 5.10 Å². The molecule has 0 spiro atoms. The molecule has 4 aromatic rings. The molecule has 0 fully saturated rings. The van der Waals surface area contributed by atoms with E-state index in [0.717, 1.165) is 16.5 Å². The van der Waals surface area contributed by atoms with Crippen LogP contribution in [0, 0.1) is 10.1 Å². The van der Waals surface area contributed by atoms with Crippen LogP contribution in [0.2, 0.25) is 0 Å². The highest BCUT2D eigenvalue weighted by Crippen LogP contribution is 2.24. The molecule has 0 radical (unpaired) electrons. The maximum atomic E-state index is 12.7. The van der Waals surface area contributed by atoms with Crippen LogP contribution in [0.4, 0.5) is 5.69 Å². The minimum atomic E-state index is -0.499. The van der Waals surface area contributed by atoms with Gasteiger partial charge in [-0.2, -0.15) is 5.10 Å². The van der Waals surface area contributed by atoms with E-state index in [4.69, 9.17) is 4.74 Å². The number of carbonyl (C=O) groups is 1.